The number of oxime groups is 1. The van der Waals surface area contributed by atoms with Gasteiger partial charge in [-0.05, 0) is 29.8 Å². The number of nitrogens with zero attached hydrogens (tertiary/aromatic N) is 1. The number of aldehydes is 2. The highest BCUT2D eigenvalue weighted by Crippen LogP contribution is 2.16. The van der Waals surface area contributed by atoms with E-state index in [0.717, 1.165) is 18.1 Å². The van der Waals surface area contributed by atoms with Gasteiger partial charge in [0.2, 0.25) is 0 Å². The van der Waals surface area contributed by atoms with Crippen molar-refractivity contribution in [2.75, 3.05) is 20.3 Å². The molecule has 168 valence electrons. The third-order valence-electron chi connectivity index (χ3n) is 4.67. The molecule has 3 rings (SSSR count). The van der Waals surface area contributed by atoms with Gasteiger partial charge < -0.3 is 14.3 Å². The van der Waals surface area contributed by atoms with E-state index in [4.69, 9.17) is 9.57 Å². The Morgan fingerprint density at radius 2 is 1.48 bits per heavy atom. The lowest BCUT2D eigenvalue weighted by molar-refractivity contribution is -0.139. The molecule has 0 saturated carbocycles. The first-order valence-electron chi connectivity index (χ1n) is 10.2. The Hall–Kier alpha value is -4.26. The quantitative estimate of drug-likeness (QED) is 0.146. The summed E-state index contributed by atoms with van der Waals surface area (Å²) in [6, 6.07) is 21.1. The van der Waals surface area contributed by atoms with Crippen molar-refractivity contribution in [3.05, 3.63) is 101 Å². The number of esters is 1. The highest BCUT2D eigenvalue weighted by molar-refractivity contribution is 6.13. The predicted molar refractivity (Wildman–Crippen MR) is 123 cm³/mol. The van der Waals surface area contributed by atoms with Gasteiger partial charge in [-0.25, -0.2) is 0 Å². The topological polar surface area (TPSA) is 91.3 Å². The zero-order chi connectivity index (χ0) is 23.5. The average molecular weight is 445 g/mol. The molecule has 7 heteroatoms. The van der Waals surface area contributed by atoms with Crippen molar-refractivity contribution in [2.45, 2.75) is 6.42 Å². The summed E-state index contributed by atoms with van der Waals surface area (Å²) in [5, 5.41) is 4.26. The largest absolute Gasteiger partial charge is 0.490 e. The second kappa shape index (κ2) is 12.0. The minimum atomic E-state index is -0.324. The Morgan fingerprint density at radius 3 is 2.09 bits per heavy atom. The number of hydrogen-bond donors (Lipinski definition) is 0. The van der Waals surface area contributed by atoms with E-state index >= 15 is 0 Å². The van der Waals surface area contributed by atoms with Crippen molar-refractivity contribution in [1.82, 2.24) is 0 Å². The molecule has 0 aliphatic rings. The maximum absolute atomic E-state index is 11.4. The number of hydrogen-bond acceptors (Lipinski definition) is 7. The number of rotatable bonds is 11. The molecule has 0 aliphatic carbocycles. The van der Waals surface area contributed by atoms with Crippen LogP contribution in [0.5, 0.6) is 5.75 Å². The minimum absolute atomic E-state index is 0.158. The molecule has 0 radical (unpaired) electrons. The molecule has 33 heavy (non-hydrogen) atoms. The summed E-state index contributed by atoms with van der Waals surface area (Å²) < 4.78 is 10.4. The van der Waals surface area contributed by atoms with Gasteiger partial charge in [-0.2, -0.15) is 0 Å². The summed E-state index contributed by atoms with van der Waals surface area (Å²) >= 11 is 0. The van der Waals surface area contributed by atoms with Gasteiger partial charge in [-0.1, -0.05) is 53.7 Å². The van der Waals surface area contributed by atoms with E-state index in [1.54, 1.807) is 54.6 Å². The first-order valence-corrected chi connectivity index (χ1v) is 10.2. The van der Waals surface area contributed by atoms with Crippen molar-refractivity contribution in [3.8, 4) is 5.75 Å². The molecule has 0 N–H and O–H groups in total. The molecule has 3 aromatic carbocycles. The van der Waals surface area contributed by atoms with E-state index in [-0.39, 0.29) is 25.6 Å². The molecule has 0 aliphatic heterocycles. The van der Waals surface area contributed by atoms with Gasteiger partial charge in [0.1, 0.15) is 30.6 Å². The van der Waals surface area contributed by atoms with E-state index in [1.165, 1.54) is 7.11 Å². The van der Waals surface area contributed by atoms with Crippen LogP contribution in [0.25, 0.3) is 0 Å². The van der Waals surface area contributed by atoms with Crippen LogP contribution >= 0.6 is 0 Å². The fourth-order valence-corrected chi connectivity index (χ4v) is 3.08. The van der Waals surface area contributed by atoms with Gasteiger partial charge in [0, 0.05) is 22.3 Å². The van der Waals surface area contributed by atoms with Crippen LogP contribution in [0, 0.1) is 0 Å². The number of carbonyl (C=O) groups excluding carboxylic acids is 3. The molecule has 0 saturated heterocycles. The molecule has 0 unspecified atom stereocenters. The normalized spacial score (nSPS) is 10.1. The van der Waals surface area contributed by atoms with E-state index in [0.29, 0.717) is 33.7 Å². The van der Waals surface area contributed by atoms with Gasteiger partial charge in [-0.15, -0.1) is 0 Å². The molecule has 0 heterocycles. The Balaban J connectivity index is 1.69. The predicted octanol–water partition coefficient (Wildman–Crippen LogP) is 3.88. The molecular weight excluding hydrogens is 422 g/mol. The van der Waals surface area contributed by atoms with E-state index in [1.807, 2.05) is 18.2 Å². The zero-order valence-corrected chi connectivity index (χ0v) is 18.1. The third-order valence-corrected chi connectivity index (χ3v) is 4.67. The Kier molecular flexibility index (Phi) is 8.48. The van der Waals surface area contributed by atoms with Crippen LogP contribution in [-0.4, -0.2) is 44.6 Å². The van der Waals surface area contributed by atoms with Crippen LogP contribution in [0.15, 0.2) is 78.0 Å². The van der Waals surface area contributed by atoms with Crippen molar-refractivity contribution in [1.29, 1.82) is 0 Å². The average Bonchev–Trinajstić information content (AvgIpc) is 2.86. The van der Waals surface area contributed by atoms with E-state index in [2.05, 4.69) is 9.89 Å². The molecule has 0 aromatic heterocycles. The second-order valence-corrected chi connectivity index (χ2v) is 7.01. The lowest BCUT2D eigenvalue weighted by atomic mass is 9.99. The minimum Gasteiger partial charge on any atom is -0.490 e. The second-order valence-electron chi connectivity index (χ2n) is 7.01. The highest BCUT2D eigenvalue weighted by atomic mass is 16.6. The fraction of sp³-hybridized carbons (Fsp3) is 0.154. The molecule has 0 bridgehead atoms. The van der Waals surface area contributed by atoms with Gasteiger partial charge in [0.25, 0.3) is 0 Å². The van der Waals surface area contributed by atoms with Crippen LogP contribution in [0.2, 0.25) is 0 Å². The standard InChI is InChI=1S/C26H23NO6/c1-31-25(30)16-19-5-4-10-24(15-19)32-11-12-33-27-26(22-8-2-6-20(13-22)17-28)23-9-3-7-21(14-23)18-29/h2-10,13-15,17-18H,11-12,16H2,1H3. The van der Waals surface area contributed by atoms with Crippen LogP contribution in [-0.2, 0) is 20.8 Å². The Labute approximate surface area is 191 Å². The summed E-state index contributed by atoms with van der Waals surface area (Å²) in [6.45, 7) is 0.382. The summed E-state index contributed by atoms with van der Waals surface area (Å²) in [5.74, 6) is 0.274. The van der Waals surface area contributed by atoms with Crippen LogP contribution in [0.4, 0.5) is 0 Å². The van der Waals surface area contributed by atoms with Gasteiger partial charge >= 0.3 is 5.97 Å². The maximum atomic E-state index is 11.4. The molecule has 0 fully saturated rings. The van der Waals surface area contributed by atoms with E-state index in [9.17, 15) is 14.4 Å². The number of methoxy groups -OCH3 is 1. The van der Waals surface area contributed by atoms with E-state index < -0.39 is 0 Å². The SMILES string of the molecule is COC(=O)Cc1cccc(OCCON=C(c2cccc(C=O)c2)c2cccc(C=O)c2)c1. The van der Waals surface area contributed by atoms with Gasteiger partial charge in [-0.3, -0.25) is 14.4 Å². The number of ether oxygens (including phenoxy) is 2. The summed E-state index contributed by atoms with van der Waals surface area (Å²) in [5.41, 5.74) is 3.63. The summed E-state index contributed by atoms with van der Waals surface area (Å²) in [7, 11) is 1.35. The maximum Gasteiger partial charge on any atom is 0.309 e. The monoisotopic (exact) mass is 445 g/mol. The van der Waals surface area contributed by atoms with Gasteiger partial charge in [0.05, 0.1) is 13.5 Å². The van der Waals surface area contributed by atoms with Crippen molar-refractivity contribution in [3.63, 3.8) is 0 Å². The van der Waals surface area contributed by atoms with Crippen LogP contribution in [0.3, 0.4) is 0 Å². The van der Waals surface area contributed by atoms with Crippen molar-refractivity contribution >= 4 is 24.3 Å². The summed E-state index contributed by atoms with van der Waals surface area (Å²) in [6.07, 6.45) is 1.68. The Morgan fingerprint density at radius 1 is 0.848 bits per heavy atom. The molecule has 0 atom stereocenters. The van der Waals surface area contributed by atoms with Crippen molar-refractivity contribution in [2.24, 2.45) is 5.16 Å². The Bertz CT molecular complexity index is 1100. The molecule has 0 spiro atoms. The van der Waals surface area contributed by atoms with Gasteiger partial charge in [0.15, 0.2) is 6.61 Å². The smallest absolute Gasteiger partial charge is 0.309 e. The molecular formula is C26H23NO6. The first-order chi connectivity index (χ1) is 16.1. The number of carbonyl (C=O) groups is 3. The highest BCUT2D eigenvalue weighted by Gasteiger charge is 2.10. The van der Waals surface area contributed by atoms with Crippen LogP contribution in [0.1, 0.15) is 37.4 Å². The lowest BCUT2D eigenvalue weighted by Gasteiger charge is -2.10. The molecule has 3 aromatic rings. The fourth-order valence-electron chi connectivity index (χ4n) is 3.08. The third kappa shape index (κ3) is 6.87. The summed E-state index contributed by atoms with van der Waals surface area (Å²) in [4.78, 5) is 39.3. The zero-order valence-electron chi connectivity index (χ0n) is 18.1. The molecule has 0 amide bonds. The lowest BCUT2D eigenvalue weighted by Crippen LogP contribution is -2.09. The first kappa shape index (κ1) is 23.4. The number of benzene rings is 3. The van der Waals surface area contributed by atoms with Crippen molar-refractivity contribution < 1.29 is 28.7 Å². The van der Waals surface area contributed by atoms with Crippen LogP contribution < -0.4 is 4.74 Å². The molecule has 7 nitrogen and oxygen atoms in total.